The molecule has 1 N–H and O–H groups in total. The van der Waals surface area contributed by atoms with Gasteiger partial charge in [-0.1, -0.05) is 12.2 Å². The Morgan fingerprint density at radius 2 is 1.85 bits per heavy atom. The molecule has 13 heavy (non-hydrogen) atoms. The molecule has 0 saturated carbocycles. The van der Waals surface area contributed by atoms with Crippen molar-refractivity contribution in [1.29, 1.82) is 0 Å². The molecule has 0 aromatic carbocycles. The van der Waals surface area contributed by atoms with E-state index < -0.39 is 0 Å². The molecule has 0 bridgehead atoms. The highest BCUT2D eigenvalue weighted by atomic mass is 16.3. The van der Waals surface area contributed by atoms with E-state index in [1.54, 1.807) is 12.2 Å². The molecule has 72 valence electrons. The van der Waals surface area contributed by atoms with Gasteiger partial charge >= 0.3 is 0 Å². The molecule has 0 radical (unpaired) electrons. The average molecular weight is 181 g/mol. The molecule has 0 aromatic heterocycles. The molecule has 0 fully saturated rings. The molecule has 0 rings (SSSR count). The topological polar surface area (TPSA) is 40.5 Å². The minimum Gasteiger partial charge on any atom is -0.512 e. The number of hydrogen-bond acceptors (Lipinski definition) is 2. The van der Waals surface area contributed by atoms with Crippen molar-refractivity contribution in [3.05, 3.63) is 37.1 Å². The number of allylic oxidation sites excluding steroid dienone is 1. The smallest absolute Gasteiger partial charge is 0.250 e. The maximum absolute atomic E-state index is 11.3. The molecule has 0 aliphatic heterocycles. The molecule has 0 aromatic rings. The monoisotopic (exact) mass is 181 g/mol. The first-order valence-electron chi connectivity index (χ1n) is 3.99. The Kier molecular flexibility index (Phi) is 5.35. The lowest BCUT2D eigenvalue weighted by atomic mass is 10.3. The van der Waals surface area contributed by atoms with Crippen LogP contribution in [0.15, 0.2) is 37.1 Å². The van der Waals surface area contributed by atoms with Gasteiger partial charge in [-0.3, -0.25) is 4.79 Å². The Labute approximate surface area is 78.7 Å². The summed E-state index contributed by atoms with van der Waals surface area (Å²) in [4.78, 5) is 12.8. The molecule has 0 heterocycles. The van der Waals surface area contributed by atoms with E-state index in [1.807, 2.05) is 0 Å². The van der Waals surface area contributed by atoms with Crippen LogP contribution in [0.5, 0.6) is 0 Å². The van der Waals surface area contributed by atoms with E-state index in [0.717, 1.165) is 0 Å². The number of aliphatic hydroxyl groups excluding tert-OH is 1. The third-order valence-electron chi connectivity index (χ3n) is 1.34. The van der Waals surface area contributed by atoms with Crippen LogP contribution in [0.25, 0.3) is 0 Å². The molecule has 0 spiro atoms. The number of carbonyl (C=O) groups excluding carboxylic acids is 1. The van der Waals surface area contributed by atoms with Gasteiger partial charge in [0.15, 0.2) is 0 Å². The summed E-state index contributed by atoms with van der Waals surface area (Å²) in [5.74, 6) is -0.233. The lowest BCUT2D eigenvalue weighted by molar-refractivity contribution is -0.125. The molecule has 3 nitrogen and oxygen atoms in total. The Morgan fingerprint density at radius 1 is 1.38 bits per heavy atom. The summed E-state index contributed by atoms with van der Waals surface area (Å²) in [7, 11) is 0. The summed E-state index contributed by atoms with van der Waals surface area (Å²) in [5, 5.41) is 8.87. The zero-order valence-electron chi connectivity index (χ0n) is 7.86. The van der Waals surface area contributed by atoms with Crippen molar-refractivity contribution in [2.45, 2.75) is 6.92 Å². The summed E-state index contributed by atoms with van der Waals surface area (Å²) in [6.45, 7) is 9.43. The van der Waals surface area contributed by atoms with Crippen molar-refractivity contribution in [3.8, 4) is 0 Å². The van der Waals surface area contributed by atoms with Crippen LogP contribution < -0.4 is 0 Å². The highest BCUT2D eigenvalue weighted by Gasteiger charge is 2.06. The van der Waals surface area contributed by atoms with Gasteiger partial charge in [0.25, 0.3) is 0 Å². The summed E-state index contributed by atoms with van der Waals surface area (Å²) in [6.07, 6.45) is 4.43. The van der Waals surface area contributed by atoms with Gasteiger partial charge in [0, 0.05) is 19.2 Å². The number of carbonyl (C=O) groups is 1. The van der Waals surface area contributed by atoms with Gasteiger partial charge in [0.2, 0.25) is 5.91 Å². The van der Waals surface area contributed by atoms with Crippen molar-refractivity contribution in [3.63, 3.8) is 0 Å². The molecular weight excluding hydrogens is 166 g/mol. The average Bonchev–Trinajstić information content (AvgIpc) is 2.02. The van der Waals surface area contributed by atoms with Crippen LogP contribution in [0.3, 0.4) is 0 Å². The molecule has 0 aliphatic carbocycles. The van der Waals surface area contributed by atoms with E-state index >= 15 is 0 Å². The van der Waals surface area contributed by atoms with Crippen LogP contribution in [-0.2, 0) is 4.79 Å². The maximum atomic E-state index is 11.3. The van der Waals surface area contributed by atoms with E-state index in [-0.39, 0.29) is 11.7 Å². The molecule has 0 aliphatic rings. The third-order valence-corrected chi connectivity index (χ3v) is 1.34. The quantitative estimate of drug-likeness (QED) is 0.398. The minimum absolute atomic E-state index is 0.00289. The number of aliphatic hydroxyl groups is 1. The predicted molar refractivity (Wildman–Crippen MR) is 53.4 cm³/mol. The fraction of sp³-hybridized carbons (Fsp3) is 0.300. The number of nitrogens with zero attached hydrogens (tertiary/aromatic N) is 1. The summed E-state index contributed by atoms with van der Waals surface area (Å²) >= 11 is 0. The molecule has 1 amide bonds. The van der Waals surface area contributed by atoms with Gasteiger partial charge in [-0.2, -0.15) is 0 Å². The minimum atomic E-state index is -0.236. The summed E-state index contributed by atoms with van der Waals surface area (Å²) in [5.41, 5.74) is 0. The van der Waals surface area contributed by atoms with Crippen molar-refractivity contribution in [2.75, 3.05) is 13.1 Å². The van der Waals surface area contributed by atoms with Gasteiger partial charge in [-0.25, -0.2) is 0 Å². The van der Waals surface area contributed by atoms with Crippen molar-refractivity contribution >= 4 is 5.91 Å². The van der Waals surface area contributed by atoms with Gasteiger partial charge in [0.05, 0.1) is 5.76 Å². The maximum Gasteiger partial charge on any atom is 0.250 e. The Hall–Kier alpha value is -1.51. The second-order valence-electron chi connectivity index (χ2n) is 2.61. The van der Waals surface area contributed by atoms with Crippen molar-refractivity contribution in [2.24, 2.45) is 0 Å². The van der Waals surface area contributed by atoms with Crippen LogP contribution in [0.1, 0.15) is 6.92 Å². The highest BCUT2D eigenvalue weighted by Crippen LogP contribution is 1.95. The molecule has 0 unspecified atom stereocenters. The Balaban J connectivity index is 4.35. The van der Waals surface area contributed by atoms with Crippen LogP contribution >= 0.6 is 0 Å². The molecular formula is C10H15NO2. The zero-order valence-corrected chi connectivity index (χ0v) is 7.86. The number of rotatable bonds is 5. The van der Waals surface area contributed by atoms with Gasteiger partial charge < -0.3 is 10.0 Å². The fourth-order valence-corrected chi connectivity index (χ4v) is 0.836. The van der Waals surface area contributed by atoms with Crippen LogP contribution in [-0.4, -0.2) is 29.0 Å². The number of hydrogen-bond donors (Lipinski definition) is 1. The summed E-state index contributed by atoms with van der Waals surface area (Å²) < 4.78 is 0. The van der Waals surface area contributed by atoms with E-state index in [9.17, 15) is 4.79 Å². The Morgan fingerprint density at radius 3 is 2.15 bits per heavy atom. The first-order valence-corrected chi connectivity index (χ1v) is 3.99. The van der Waals surface area contributed by atoms with Crippen molar-refractivity contribution in [1.82, 2.24) is 4.90 Å². The fourth-order valence-electron chi connectivity index (χ4n) is 0.836. The SMILES string of the molecule is C=CCN(CC=C)C(=O)/C=C(/C)O. The predicted octanol–water partition coefficient (Wildman–Crippen LogP) is 1.65. The van der Waals surface area contributed by atoms with Crippen LogP contribution in [0.4, 0.5) is 0 Å². The van der Waals surface area contributed by atoms with Gasteiger partial charge in [-0.15, -0.1) is 13.2 Å². The van der Waals surface area contributed by atoms with Gasteiger partial charge in [-0.05, 0) is 6.92 Å². The second kappa shape index (κ2) is 6.06. The standard InChI is InChI=1S/C10H15NO2/c1-4-6-11(7-5-2)10(13)8-9(3)12/h4-5,8,12H,1-2,6-7H2,3H3/b9-8-. The second-order valence-corrected chi connectivity index (χ2v) is 2.61. The zero-order chi connectivity index (χ0) is 10.3. The van der Waals surface area contributed by atoms with Gasteiger partial charge in [0.1, 0.15) is 0 Å². The van der Waals surface area contributed by atoms with E-state index in [1.165, 1.54) is 17.9 Å². The first-order chi connectivity index (χ1) is 6.11. The van der Waals surface area contributed by atoms with Crippen molar-refractivity contribution < 1.29 is 9.90 Å². The van der Waals surface area contributed by atoms with E-state index in [2.05, 4.69) is 13.2 Å². The highest BCUT2D eigenvalue weighted by molar-refractivity contribution is 5.88. The molecule has 3 heteroatoms. The summed E-state index contributed by atoms with van der Waals surface area (Å²) in [6, 6.07) is 0. The van der Waals surface area contributed by atoms with E-state index in [4.69, 9.17) is 5.11 Å². The lowest BCUT2D eigenvalue weighted by Gasteiger charge is -2.16. The molecule has 0 saturated heterocycles. The first kappa shape index (κ1) is 11.5. The van der Waals surface area contributed by atoms with Crippen LogP contribution in [0.2, 0.25) is 0 Å². The Bertz CT molecular complexity index is 217. The number of amides is 1. The lowest BCUT2D eigenvalue weighted by Crippen LogP contribution is -2.29. The normalized spacial score (nSPS) is 10.7. The third kappa shape index (κ3) is 4.85. The largest absolute Gasteiger partial charge is 0.512 e. The van der Waals surface area contributed by atoms with E-state index in [0.29, 0.717) is 13.1 Å². The van der Waals surface area contributed by atoms with Crippen LogP contribution in [0, 0.1) is 0 Å². The molecule has 0 atom stereocenters.